The predicted octanol–water partition coefficient (Wildman–Crippen LogP) is 6.95. The molecule has 2 aromatic carbocycles. The molecule has 142 valence electrons. The fraction of sp³-hybridized carbons (Fsp3) is 0.238. The van der Waals surface area contributed by atoms with Gasteiger partial charge in [-0.05, 0) is 50.3 Å². The van der Waals surface area contributed by atoms with Gasteiger partial charge >= 0.3 is 35.6 Å². The van der Waals surface area contributed by atoms with Crippen molar-refractivity contribution in [2.75, 3.05) is 0 Å². The van der Waals surface area contributed by atoms with E-state index in [0.717, 1.165) is 38.3 Å². The van der Waals surface area contributed by atoms with Gasteiger partial charge in [0.15, 0.2) is 0 Å². The zero-order valence-corrected chi connectivity index (χ0v) is 19.6. The van der Waals surface area contributed by atoms with Gasteiger partial charge in [0.1, 0.15) is 11.5 Å². The van der Waals surface area contributed by atoms with Gasteiger partial charge in [-0.25, -0.2) is 0 Å². The van der Waals surface area contributed by atoms with Gasteiger partial charge in [-0.15, -0.1) is 11.3 Å². The van der Waals surface area contributed by atoms with Gasteiger partial charge in [0.05, 0.1) is 5.92 Å². The second-order valence-electron chi connectivity index (χ2n) is 6.56. The summed E-state index contributed by atoms with van der Waals surface area (Å²) in [5.74, 6) is 0.428. The first-order valence-electron chi connectivity index (χ1n) is 8.40. The standard InChI is InChI=1S/C21H22O2S.2ClH.Ti/c1-12-8-14(3)20(22)16(10-12)19(18-6-5-7-24-18)17-11-13(2)9-15(4)21(17)23;;;/h5-11,19,22-23H,1-4H3;2*1H;/q;;;+2/p-2. The van der Waals surface area contributed by atoms with Gasteiger partial charge in [0, 0.05) is 16.0 Å². The third-order valence-electron chi connectivity index (χ3n) is 4.40. The average Bonchev–Trinajstić information content (AvgIpc) is 3.11. The van der Waals surface area contributed by atoms with Crippen molar-refractivity contribution in [1.29, 1.82) is 0 Å². The van der Waals surface area contributed by atoms with E-state index in [1.165, 1.54) is 0 Å². The summed E-state index contributed by atoms with van der Waals surface area (Å²) in [4.78, 5) is 1.11. The molecule has 0 atom stereocenters. The predicted molar refractivity (Wildman–Crippen MR) is 112 cm³/mol. The molecule has 0 amide bonds. The number of aromatic hydroxyl groups is 2. The van der Waals surface area contributed by atoms with Crippen LogP contribution in [0.25, 0.3) is 0 Å². The van der Waals surface area contributed by atoms with Crippen LogP contribution >= 0.6 is 29.9 Å². The molecular weight excluding hydrogens is 435 g/mol. The molecule has 0 aliphatic carbocycles. The molecule has 1 heterocycles. The number of benzene rings is 2. The summed E-state index contributed by atoms with van der Waals surface area (Å²) in [7, 11) is 9.78. The molecule has 2 N–H and O–H groups in total. The topological polar surface area (TPSA) is 40.5 Å². The number of hydrogen-bond acceptors (Lipinski definition) is 3. The van der Waals surface area contributed by atoms with Crippen LogP contribution in [0.15, 0.2) is 41.8 Å². The van der Waals surface area contributed by atoms with E-state index in [1.807, 2.05) is 63.4 Å². The first kappa shape index (κ1) is 22.3. The zero-order chi connectivity index (χ0) is 20.1. The molecule has 0 aliphatic rings. The summed E-state index contributed by atoms with van der Waals surface area (Å²) in [5.41, 5.74) is 5.60. The fourth-order valence-corrected chi connectivity index (χ4v) is 4.22. The van der Waals surface area contributed by atoms with E-state index in [-0.39, 0.29) is 5.92 Å². The Morgan fingerprint density at radius 3 is 1.67 bits per heavy atom. The van der Waals surface area contributed by atoms with E-state index in [4.69, 9.17) is 18.6 Å². The van der Waals surface area contributed by atoms with E-state index >= 15 is 0 Å². The first-order valence-corrected chi connectivity index (χ1v) is 13.6. The van der Waals surface area contributed by atoms with Gasteiger partial charge in [0.25, 0.3) is 0 Å². The van der Waals surface area contributed by atoms with Crippen LogP contribution in [0.1, 0.15) is 44.2 Å². The molecule has 6 heteroatoms. The van der Waals surface area contributed by atoms with Gasteiger partial charge in [-0.2, -0.15) is 0 Å². The molecule has 1 aromatic heterocycles. The Morgan fingerprint density at radius 2 is 1.30 bits per heavy atom. The molecule has 3 aromatic rings. The molecule has 0 saturated heterocycles. The monoisotopic (exact) mass is 456 g/mol. The van der Waals surface area contributed by atoms with Crippen LogP contribution in [0.5, 0.6) is 11.5 Å². The molecule has 0 radical (unpaired) electrons. The molecular formula is C21H22Cl2O2STi. The Balaban J connectivity index is 0.000000817. The molecule has 3 rings (SSSR count). The van der Waals surface area contributed by atoms with Crippen LogP contribution in [0.2, 0.25) is 0 Å². The van der Waals surface area contributed by atoms with Crippen LogP contribution in [-0.2, 0) is 17.0 Å². The number of rotatable bonds is 3. The Morgan fingerprint density at radius 1 is 0.852 bits per heavy atom. The van der Waals surface area contributed by atoms with Crippen molar-refractivity contribution in [3.63, 3.8) is 0 Å². The molecule has 27 heavy (non-hydrogen) atoms. The van der Waals surface area contributed by atoms with E-state index in [0.29, 0.717) is 11.5 Å². The van der Waals surface area contributed by atoms with Crippen molar-refractivity contribution >= 4 is 29.9 Å². The third kappa shape index (κ3) is 5.31. The van der Waals surface area contributed by atoms with E-state index in [9.17, 15) is 10.2 Å². The minimum atomic E-state index is -0.556. The number of phenolic OH excluding ortho intramolecular Hbond substituents is 2. The Bertz CT molecular complexity index is 854. The van der Waals surface area contributed by atoms with Crippen molar-refractivity contribution < 1.29 is 27.2 Å². The number of halogens is 2. The van der Waals surface area contributed by atoms with Gasteiger partial charge in [-0.1, -0.05) is 41.5 Å². The molecule has 0 saturated carbocycles. The molecule has 2 nitrogen and oxygen atoms in total. The number of hydrogen-bond donors (Lipinski definition) is 2. The van der Waals surface area contributed by atoms with Crippen LogP contribution < -0.4 is 0 Å². The maximum absolute atomic E-state index is 10.7. The number of phenols is 2. The second-order valence-corrected chi connectivity index (χ2v) is 10.1. The van der Waals surface area contributed by atoms with Crippen molar-refractivity contribution in [2.45, 2.75) is 33.6 Å². The van der Waals surface area contributed by atoms with E-state index in [1.54, 1.807) is 11.3 Å². The third-order valence-corrected chi connectivity index (χ3v) is 5.34. The van der Waals surface area contributed by atoms with Crippen molar-refractivity contribution in [3.8, 4) is 11.5 Å². The second kappa shape index (κ2) is 10.00. The fourth-order valence-electron chi connectivity index (χ4n) is 3.36. The average molecular weight is 457 g/mol. The van der Waals surface area contributed by atoms with Gasteiger partial charge < -0.3 is 10.2 Å². The van der Waals surface area contributed by atoms with Crippen LogP contribution in [-0.4, -0.2) is 10.2 Å². The SMILES string of the molecule is Cc1cc(C)c(O)c(C(c2cccs2)c2cc(C)cc(C)c2O)c1.[Cl][Ti][Cl]. The summed E-state index contributed by atoms with van der Waals surface area (Å²) in [6.45, 7) is 7.89. The summed E-state index contributed by atoms with van der Waals surface area (Å²) >= 11 is 1.08. The van der Waals surface area contributed by atoms with Crippen molar-refractivity contribution in [3.05, 3.63) is 80.0 Å². The molecule has 0 bridgehead atoms. The maximum atomic E-state index is 10.7. The van der Waals surface area contributed by atoms with Crippen LogP contribution in [0.3, 0.4) is 0 Å². The molecule has 0 fully saturated rings. The van der Waals surface area contributed by atoms with E-state index in [2.05, 4.69) is 6.07 Å². The Labute approximate surface area is 181 Å². The van der Waals surface area contributed by atoms with E-state index < -0.39 is 17.0 Å². The van der Waals surface area contributed by atoms with Gasteiger partial charge in [-0.3, -0.25) is 0 Å². The summed E-state index contributed by atoms with van der Waals surface area (Å²) < 4.78 is 0. The summed E-state index contributed by atoms with van der Waals surface area (Å²) in [6.07, 6.45) is 0. The van der Waals surface area contributed by atoms with Gasteiger partial charge in [0.2, 0.25) is 0 Å². The minimum absolute atomic E-state index is 0.179. The zero-order valence-electron chi connectivity index (χ0n) is 15.7. The number of aryl methyl sites for hydroxylation is 4. The molecule has 0 spiro atoms. The van der Waals surface area contributed by atoms with Crippen molar-refractivity contribution in [1.82, 2.24) is 0 Å². The Kier molecular flexibility index (Phi) is 8.27. The normalized spacial score (nSPS) is 10.5. The Hall–Kier alpha value is -0.966. The van der Waals surface area contributed by atoms with Crippen LogP contribution in [0, 0.1) is 27.7 Å². The summed E-state index contributed by atoms with van der Waals surface area (Å²) in [5, 5.41) is 23.4. The van der Waals surface area contributed by atoms with Crippen LogP contribution in [0.4, 0.5) is 0 Å². The molecule has 0 aliphatic heterocycles. The first-order chi connectivity index (χ1) is 12.8. The summed E-state index contributed by atoms with van der Waals surface area (Å²) in [6, 6.07) is 12.1. The van der Waals surface area contributed by atoms with Crippen molar-refractivity contribution in [2.24, 2.45) is 0 Å². The quantitative estimate of drug-likeness (QED) is 0.418. The molecule has 0 unspecified atom stereocenters. The number of thiophene rings is 1.